The fourth-order valence-corrected chi connectivity index (χ4v) is 0.997. The van der Waals surface area contributed by atoms with E-state index < -0.39 is 10.2 Å². The Labute approximate surface area is 94.5 Å². The zero-order valence-corrected chi connectivity index (χ0v) is 10.3. The van der Waals surface area contributed by atoms with Crippen LogP contribution in [0, 0.1) is 0 Å². The second kappa shape index (κ2) is 10.1. The third-order valence-corrected chi connectivity index (χ3v) is 2.18. The summed E-state index contributed by atoms with van der Waals surface area (Å²) in [7, 11) is -4.27. The van der Waals surface area contributed by atoms with Crippen molar-refractivity contribution < 1.29 is 8.42 Å². The van der Waals surface area contributed by atoms with Gasteiger partial charge in [0, 0.05) is 18.9 Å². The Morgan fingerprint density at radius 3 is 1.44 bits per heavy atom. The summed E-state index contributed by atoms with van der Waals surface area (Å²) in [6, 6.07) is 0. The molecule has 0 amide bonds. The van der Waals surface area contributed by atoms with E-state index in [2.05, 4.69) is 34.7 Å². The van der Waals surface area contributed by atoms with Gasteiger partial charge in [-0.15, -0.1) is 0 Å². The van der Waals surface area contributed by atoms with Gasteiger partial charge >= 0.3 is 10.2 Å². The van der Waals surface area contributed by atoms with E-state index in [1.807, 2.05) is 9.82 Å². The van der Waals surface area contributed by atoms with Crippen LogP contribution in [0.2, 0.25) is 0 Å². The van der Waals surface area contributed by atoms with Crippen LogP contribution in [0.15, 0.2) is 9.04 Å². The second-order valence-electron chi connectivity index (χ2n) is 2.41. The molecular formula is C6H15N7O2S. The molecule has 10 heteroatoms. The lowest BCUT2D eigenvalue weighted by atomic mass is 10.5. The minimum absolute atomic E-state index is 1.19. The van der Waals surface area contributed by atoms with Crippen molar-refractivity contribution in [2.45, 2.75) is 20.8 Å². The molecule has 0 fully saturated rings. The average molecular weight is 249 g/mol. The Morgan fingerprint density at radius 1 is 1.00 bits per heavy atom. The van der Waals surface area contributed by atoms with Crippen molar-refractivity contribution in [3.8, 4) is 0 Å². The van der Waals surface area contributed by atoms with Gasteiger partial charge in [-0.05, 0) is 30.7 Å². The summed E-state index contributed by atoms with van der Waals surface area (Å²) in [4.78, 5) is 6.17. The van der Waals surface area contributed by atoms with Gasteiger partial charge in [-0.3, -0.25) is 0 Å². The van der Waals surface area contributed by atoms with Crippen molar-refractivity contribution in [2.75, 3.05) is 19.6 Å². The maximum Gasteiger partial charge on any atom is 0.321 e. The van der Waals surface area contributed by atoms with E-state index in [4.69, 9.17) is 11.1 Å². The molecule has 0 aromatic heterocycles. The molecule has 0 saturated heterocycles. The smallest absolute Gasteiger partial charge is 0.304 e. The minimum Gasteiger partial charge on any atom is -0.304 e. The normalized spacial score (nSPS) is 9.50. The molecule has 0 aliphatic carbocycles. The molecule has 0 unspecified atom stereocenters. The molecule has 0 aliphatic heterocycles. The lowest BCUT2D eigenvalue weighted by molar-refractivity contribution is 0.321. The molecule has 0 spiro atoms. The van der Waals surface area contributed by atoms with Gasteiger partial charge in [-0.25, -0.2) is 8.42 Å². The molecule has 0 aromatic carbocycles. The molecule has 16 heavy (non-hydrogen) atoms. The topological polar surface area (TPSA) is 135 Å². The van der Waals surface area contributed by atoms with E-state index in [1.165, 1.54) is 19.6 Å². The summed E-state index contributed by atoms with van der Waals surface area (Å²) in [5.74, 6) is 0. The number of hydrogen-bond acceptors (Lipinski definition) is 3. The Morgan fingerprint density at radius 2 is 1.31 bits per heavy atom. The van der Waals surface area contributed by atoms with Crippen molar-refractivity contribution in [3.63, 3.8) is 0 Å². The van der Waals surface area contributed by atoms with Crippen LogP contribution in [-0.4, -0.2) is 33.0 Å². The van der Waals surface area contributed by atoms with Gasteiger partial charge in [0.2, 0.25) is 0 Å². The summed E-state index contributed by atoms with van der Waals surface area (Å²) in [5, 5.41) is 0. The van der Waals surface area contributed by atoms with Crippen molar-refractivity contribution in [3.05, 3.63) is 20.9 Å². The van der Waals surface area contributed by atoms with Crippen LogP contribution in [0.25, 0.3) is 20.9 Å². The first-order valence-corrected chi connectivity index (χ1v) is 5.97. The highest BCUT2D eigenvalue weighted by molar-refractivity contribution is 7.88. The van der Waals surface area contributed by atoms with Gasteiger partial charge in [-0.1, -0.05) is 20.8 Å². The van der Waals surface area contributed by atoms with Crippen molar-refractivity contribution in [1.82, 2.24) is 4.90 Å². The molecule has 9 nitrogen and oxygen atoms in total. The second-order valence-corrected chi connectivity index (χ2v) is 3.63. The maximum absolute atomic E-state index is 9.99. The van der Waals surface area contributed by atoms with Gasteiger partial charge in [0.15, 0.2) is 0 Å². The molecule has 0 N–H and O–H groups in total. The van der Waals surface area contributed by atoms with Crippen molar-refractivity contribution >= 4 is 10.2 Å². The summed E-state index contributed by atoms with van der Waals surface area (Å²) in [6.07, 6.45) is 0. The predicted octanol–water partition coefficient (Wildman–Crippen LogP) is 2.20. The first kappa shape index (κ1) is 16.9. The van der Waals surface area contributed by atoms with Gasteiger partial charge in [0.05, 0.1) is 0 Å². The molecule has 0 radical (unpaired) electrons. The van der Waals surface area contributed by atoms with Crippen LogP contribution in [0.5, 0.6) is 0 Å². The van der Waals surface area contributed by atoms with E-state index in [1.54, 1.807) is 0 Å². The molecular weight excluding hydrogens is 234 g/mol. The van der Waals surface area contributed by atoms with Crippen LogP contribution in [-0.2, 0) is 10.2 Å². The van der Waals surface area contributed by atoms with Crippen LogP contribution in [0.1, 0.15) is 20.8 Å². The van der Waals surface area contributed by atoms with E-state index in [0.29, 0.717) is 0 Å². The highest BCUT2D eigenvalue weighted by Crippen LogP contribution is 1.92. The lowest BCUT2D eigenvalue weighted by Gasteiger charge is -2.13. The van der Waals surface area contributed by atoms with Crippen LogP contribution in [0.3, 0.4) is 0 Å². The van der Waals surface area contributed by atoms with E-state index in [9.17, 15) is 8.42 Å². The first-order valence-electron chi connectivity index (χ1n) is 4.57. The molecule has 0 aromatic rings. The van der Waals surface area contributed by atoms with Gasteiger partial charge < -0.3 is 4.90 Å². The Hall–Kier alpha value is -1.47. The molecule has 0 bridgehead atoms. The summed E-state index contributed by atoms with van der Waals surface area (Å²) >= 11 is 0. The highest BCUT2D eigenvalue weighted by atomic mass is 32.2. The molecule has 0 rings (SSSR count). The monoisotopic (exact) mass is 249 g/mol. The predicted molar refractivity (Wildman–Crippen MR) is 60.7 cm³/mol. The van der Waals surface area contributed by atoms with Crippen LogP contribution < -0.4 is 0 Å². The standard InChI is InChI=1S/C6H15N.N6O2S/c1-4-7(5-2)6-3;1-3-5-9(7,8)6-4-2/h4-6H2,1-3H3;. The van der Waals surface area contributed by atoms with Gasteiger partial charge in [0.1, 0.15) is 0 Å². The fourth-order valence-electron chi connectivity index (χ4n) is 0.779. The quantitative estimate of drug-likeness (QED) is 0.419. The zero-order chi connectivity index (χ0) is 13.0. The Balaban J connectivity index is 0. The summed E-state index contributed by atoms with van der Waals surface area (Å²) in [5.41, 5.74) is 15.0. The summed E-state index contributed by atoms with van der Waals surface area (Å²) < 4.78 is 24.3. The SMILES string of the molecule is CCN(CC)CC.[N-]=[N+]=NS(=O)(=O)N=[N+]=[N-]. The lowest BCUT2D eigenvalue weighted by Crippen LogP contribution is -2.21. The van der Waals surface area contributed by atoms with E-state index in [0.717, 1.165) is 0 Å². The molecule has 0 heterocycles. The fraction of sp³-hybridized carbons (Fsp3) is 1.00. The highest BCUT2D eigenvalue weighted by Gasteiger charge is 1.99. The van der Waals surface area contributed by atoms with E-state index >= 15 is 0 Å². The third kappa shape index (κ3) is 10.6. The van der Waals surface area contributed by atoms with Crippen molar-refractivity contribution in [1.29, 1.82) is 0 Å². The number of rotatable bonds is 5. The Bertz CT molecular complexity index is 333. The minimum atomic E-state index is -4.27. The van der Waals surface area contributed by atoms with Gasteiger partial charge in [0.25, 0.3) is 0 Å². The van der Waals surface area contributed by atoms with Gasteiger partial charge in [-0.2, -0.15) is 0 Å². The van der Waals surface area contributed by atoms with Crippen molar-refractivity contribution in [2.24, 2.45) is 9.04 Å². The van der Waals surface area contributed by atoms with Crippen LogP contribution >= 0.6 is 0 Å². The summed E-state index contributed by atoms with van der Waals surface area (Å²) in [6.45, 7) is 10.1. The largest absolute Gasteiger partial charge is 0.321 e. The molecule has 0 atom stereocenters. The van der Waals surface area contributed by atoms with E-state index in [-0.39, 0.29) is 0 Å². The number of hydrogen-bond donors (Lipinski definition) is 0. The third-order valence-electron chi connectivity index (χ3n) is 1.62. The number of nitrogens with zero attached hydrogens (tertiary/aromatic N) is 7. The first-order chi connectivity index (χ1) is 7.47. The maximum atomic E-state index is 9.99. The molecule has 0 saturated carbocycles. The van der Waals surface area contributed by atoms with Crippen LogP contribution in [0.4, 0.5) is 0 Å². The average Bonchev–Trinajstić information content (AvgIpc) is 2.21. The molecule has 0 aliphatic rings. The zero-order valence-electron chi connectivity index (χ0n) is 9.48. The molecule has 92 valence electrons. The number of azide groups is 1. The Kier molecular flexibility index (Phi) is 10.7.